The van der Waals surface area contributed by atoms with Gasteiger partial charge in [0, 0.05) is 31.5 Å². The molecule has 0 spiro atoms. The molecule has 20 heavy (non-hydrogen) atoms. The van der Waals surface area contributed by atoms with Crippen LogP contribution in [0.2, 0.25) is 0 Å². The SMILES string of the molecule is CCOC(C)c1nc(-c2cc(C(=O)N(C)C)cs2)cs1. The van der Waals surface area contributed by atoms with Gasteiger partial charge in [0.15, 0.2) is 0 Å². The Kier molecular flexibility index (Phi) is 4.91. The van der Waals surface area contributed by atoms with Crippen LogP contribution < -0.4 is 0 Å². The average molecular weight is 310 g/mol. The number of amides is 1. The number of carbonyl (C=O) groups is 1. The van der Waals surface area contributed by atoms with E-state index in [4.69, 9.17) is 4.74 Å². The smallest absolute Gasteiger partial charge is 0.254 e. The second-order valence-electron chi connectivity index (χ2n) is 4.57. The largest absolute Gasteiger partial charge is 0.372 e. The van der Waals surface area contributed by atoms with E-state index in [-0.39, 0.29) is 12.0 Å². The zero-order valence-electron chi connectivity index (χ0n) is 12.0. The van der Waals surface area contributed by atoms with Crippen LogP contribution in [0.5, 0.6) is 0 Å². The summed E-state index contributed by atoms with van der Waals surface area (Å²) in [5.74, 6) is 0.0191. The van der Waals surface area contributed by atoms with Gasteiger partial charge in [0.1, 0.15) is 11.1 Å². The van der Waals surface area contributed by atoms with Crippen molar-refractivity contribution in [2.75, 3.05) is 20.7 Å². The van der Waals surface area contributed by atoms with Crippen LogP contribution in [0.4, 0.5) is 0 Å². The molecule has 0 aliphatic carbocycles. The quantitative estimate of drug-likeness (QED) is 0.846. The summed E-state index contributed by atoms with van der Waals surface area (Å²) in [4.78, 5) is 19.1. The van der Waals surface area contributed by atoms with Gasteiger partial charge in [-0.3, -0.25) is 4.79 Å². The highest BCUT2D eigenvalue weighted by Crippen LogP contribution is 2.31. The van der Waals surface area contributed by atoms with Crippen molar-refractivity contribution in [3.8, 4) is 10.6 Å². The topological polar surface area (TPSA) is 42.4 Å². The predicted octanol–water partition coefficient (Wildman–Crippen LogP) is 3.67. The van der Waals surface area contributed by atoms with E-state index < -0.39 is 0 Å². The van der Waals surface area contributed by atoms with E-state index in [0.717, 1.165) is 15.6 Å². The number of ether oxygens (including phenoxy) is 1. The monoisotopic (exact) mass is 310 g/mol. The molecule has 0 aliphatic heterocycles. The number of thiazole rings is 1. The normalized spacial score (nSPS) is 12.4. The first-order valence-corrected chi connectivity index (χ1v) is 8.16. The van der Waals surface area contributed by atoms with Gasteiger partial charge in [0.05, 0.1) is 16.1 Å². The number of nitrogens with zero attached hydrogens (tertiary/aromatic N) is 2. The van der Waals surface area contributed by atoms with Gasteiger partial charge in [0.25, 0.3) is 5.91 Å². The lowest BCUT2D eigenvalue weighted by molar-refractivity contribution is 0.0762. The minimum absolute atomic E-state index is 0.0154. The Bertz CT molecular complexity index is 590. The van der Waals surface area contributed by atoms with Crippen LogP contribution in [-0.4, -0.2) is 36.5 Å². The van der Waals surface area contributed by atoms with Crippen molar-refractivity contribution in [3.63, 3.8) is 0 Å². The number of hydrogen-bond acceptors (Lipinski definition) is 5. The zero-order chi connectivity index (χ0) is 14.7. The van der Waals surface area contributed by atoms with Crippen molar-refractivity contribution in [3.05, 3.63) is 27.4 Å². The van der Waals surface area contributed by atoms with Crippen LogP contribution >= 0.6 is 22.7 Å². The summed E-state index contributed by atoms with van der Waals surface area (Å²) in [7, 11) is 3.51. The minimum atomic E-state index is 0.0154. The number of thiophene rings is 1. The third-order valence-corrected chi connectivity index (χ3v) is 4.75. The molecule has 0 aliphatic rings. The standard InChI is InChI=1S/C14H18N2O2S2/c1-5-18-9(2)13-15-11(8-20-13)12-6-10(7-19-12)14(17)16(3)4/h6-9H,5H2,1-4H3. The van der Waals surface area contributed by atoms with Crippen molar-refractivity contribution < 1.29 is 9.53 Å². The van der Waals surface area contributed by atoms with Crippen molar-refractivity contribution >= 4 is 28.6 Å². The molecule has 2 aromatic heterocycles. The molecule has 2 heterocycles. The van der Waals surface area contributed by atoms with Crippen molar-refractivity contribution in [1.82, 2.24) is 9.88 Å². The molecular formula is C14H18N2O2S2. The highest BCUT2D eigenvalue weighted by Gasteiger charge is 2.15. The van der Waals surface area contributed by atoms with Crippen LogP contribution in [0.3, 0.4) is 0 Å². The highest BCUT2D eigenvalue weighted by molar-refractivity contribution is 7.14. The Labute approximate surface area is 127 Å². The summed E-state index contributed by atoms with van der Waals surface area (Å²) in [6, 6.07) is 1.90. The van der Waals surface area contributed by atoms with E-state index >= 15 is 0 Å². The summed E-state index contributed by atoms with van der Waals surface area (Å²) >= 11 is 3.13. The zero-order valence-corrected chi connectivity index (χ0v) is 13.7. The van der Waals surface area contributed by atoms with Gasteiger partial charge in [-0.25, -0.2) is 4.98 Å². The molecule has 4 nitrogen and oxygen atoms in total. The van der Waals surface area contributed by atoms with E-state index in [1.807, 2.05) is 30.7 Å². The molecule has 0 saturated carbocycles. The molecule has 1 atom stereocenters. The molecule has 0 fully saturated rings. The third kappa shape index (κ3) is 3.26. The Balaban J connectivity index is 2.18. The minimum Gasteiger partial charge on any atom is -0.372 e. The maximum atomic E-state index is 11.9. The first-order chi connectivity index (χ1) is 9.52. The fourth-order valence-electron chi connectivity index (χ4n) is 1.75. The number of rotatable bonds is 5. The number of hydrogen-bond donors (Lipinski definition) is 0. The molecule has 6 heteroatoms. The number of carbonyl (C=O) groups excluding carboxylic acids is 1. The van der Waals surface area contributed by atoms with E-state index in [0.29, 0.717) is 12.2 Å². The van der Waals surface area contributed by atoms with Gasteiger partial charge in [0.2, 0.25) is 0 Å². The molecule has 1 amide bonds. The Morgan fingerprint density at radius 1 is 1.40 bits per heavy atom. The van der Waals surface area contributed by atoms with Crippen LogP contribution in [0.25, 0.3) is 10.6 Å². The molecule has 0 aromatic carbocycles. The molecule has 0 bridgehead atoms. The molecule has 108 valence electrons. The van der Waals surface area contributed by atoms with Crippen molar-refractivity contribution in [1.29, 1.82) is 0 Å². The second-order valence-corrected chi connectivity index (χ2v) is 6.37. The van der Waals surface area contributed by atoms with Crippen LogP contribution in [0.15, 0.2) is 16.8 Å². The average Bonchev–Trinajstić information content (AvgIpc) is 3.06. The molecule has 0 saturated heterocycles. The Morgan fingerprint density at radius 2 is 2.15 bits per heavy atom. The van der Waals surface area contributed by atoms with Gasteiger partial charge in [-0.1, -0.05) is 0 Å². The Hall–Kier alpha value is -1.24. The van der Waals surface area contributed by atoms with Gasteiger partial charge in [-0.15, -0.1) is 22.7 Å². The van der Waals surface area contributed by atoms with Crippen LogP contribution in [0.1, 0.15) is 35.3 Å². The fraction of sp³-hybridized carbons (Fsp3) is 0.429. The molecular weight excluding hydrogens is 292 g/mol. The predicted molar refractivity (Wildman–Crippen MR) is 83.5 cm³/mol. The summed E-state index contributed by atoms with van der Waals surface area (Å²) in [6.45, 7) is 4.65. The third-order valence-electron chi connectivity index (χ3n) is 2.79. The maximum Gasteiger partial charge on any atom is 0.254 e. The first kappa shape index (κ1) is 15.2. The molecule has 1 unspecified atom stereocenters. The fourth-order valence-corrected chi connectivity index (χ4v) is 3.49. The molecule has 0 N–H and O–H groups in total. The highest BCUT2D eigenvalue weighted by atomic mass is 32.1. The maximum absolute atomic E-state index is 11.9. The van der Waals surface area contributed by atoms with Crippen LogP contribution in [0, 0.1) is 0 Å². The summed E-state index contributed by atoms with van der Waals surface area (Å²) < 4.78 is 5.54. The van der Waals surface area contributed by atoms with E-state index in [1.165, 1.54) is 0 Å². The second kappa shape index (κ2) is 6.47. The molecule has 2 aromatic rings. The Morgan fingerprint density at radius 3 is 2.80 bits per heavy atom. The summed E-state index contributed by atoms with van der Waals surface area (Å²) in [5.41, 5.74) is 1.63. The lowest BCUT2D eigenvalue weighted by Crippen LogP contribution is -2.20. The summed E-state index contributed by atoms with van der Waals surface area (Å²) in [5, 5.41) is 4.86. The van der Waals surface area contributed by atoms with E-state index in [2.05, 4.69) is 4.98 Å². The van der Waals surface area contributed by atoms with Crippen molar-refractivity contribution in [2.45, 2.75) is 20.0 Å². The van der Waals surface area contributed by atoms with Crippen molar-refractivity contribution in [2.24, 2.45) is 0 Å². The number of aromatic nitrogens is 1. The van der Waals surface area contributed by atoms with Gasteiger partial charge >= 0.3 is 0 Å². The lowest BCUT2D eigenvalue weighted by atomic mass is 10.2. The molecule has 2 rings (SSSR count). The van der Waals surface area contributed by atoms with Gasteiger partial charge in [-0.05, 0) is 19.9 Å². The van der Waals surface area contributed by atoms with E-state index in [1.54, 1.807) is 41.7 Å². The van der Waals surface area contributed by atoms with Gasteiger partial charge in [-0.2, -0.15) is 0 Å². The van der Waals surface area contributed by atoms with Gasteiger partial charge < -0.3 is 9.64 Å². The first-order valence-electron chi connectivity index (χ1n) is 6.40. The van der Waals surface area contributed by atoms with Crippen LogP contribution in [-0.2, 0) is 4.74 Å². The van der Waals surface area contributed by atoms with E-state index in [9.17, 15) is 4.79 Å². The summed E-state index contributed by atoms with van der Waals surface area (Å²) in [6.07, 6.45) is 0.0154. The molecule has 0 radical (unpaired) electrons. The lowest BCUT2D eigenvalue weighted by Gasteiger charge is -2.07.